The quantitative estimate of drug-likeness (QED) is 0.913. The molecule has 1 aromatic carbocycles. The Morgan fingerprint density at radius 1 is 1.00 bits per heavy atom. The zero-order valence-electron chi connectivity index (χ0n) is 14.5. The number of hydrogen-bond acceptors (Lipinski definition) is 4. The second-order valence-corrected chi connectivity index (χ2v) is 8.46. The lowest BCUT2D eigenvalue weighted by molar-refractivity contribution is 0.217. The summed E-state index contributed by atoms with van der Waals surface area (Å²) < 4.78 is 1.41. The molecule has 1 saturated heterocycles. The van der Waals surface area contributed by atoms with Gasteiger partial charge in [0.1, 0.15) is 0 Å². The minimum Gasteiger partial charge on any atom is -0.368 e. The minimum absolute atomic E-state index is 0.476. The highest BCUT2D eigenvalue weighted by atomic mass is 32.1. The Labute approximate surface area is 149 Å². The van der Waals surface area contributed by atoms with E-state index in [0.717, 1.165) is 19.0 Å². The van der Waals surface area contributed by atoms with Crippen LogP contribution in [-0.2, 0) is 0 Å². The highest BCUT2D eigenvalue weighted by molar-refractivity contribution is 7.17. The molecule has 24 heavy (non-hydrogen) atoms. The lowest BCUT2D eigenvalue weighted by atomic mass is 9.84. The van der Waals surface area contributed by atoms with Crippen molar-refractivity contribution in [3.8, 4) is 0 Å². The van der Waals surface area contributed by atoms with Crippen LogP contribution in [-0.4, -0.2) is 43.7 Å². The molecule has 1 aliphatic carbocycles. The van der Waals surface area contributed by atoms with Crippen molar-refractivity contribution in [1.82, 2.24) is 4.90 Å². The van der Waals surface area contributed by atoms with E-state index in [9.17, 15) is 0 Å². The predicted molar refractivity (Wildman–Crippen MR) is 105 cm³/mol. The Morgan fingerprint density at radius 3 is 2.58 bits per heavy atom. The Hall–Kier alpha value is -1.10. The highest BCUT2D eigenvalue weighted by Gasteiger charge is 2.22. The number of nitrogens with zero attached hydrogens (tertiary/aromatic N) is 2. The summed E-state index contributed by atoms with van der Waals surface area (Å²) in [6.07, 6.45) is 6.54. The molecule has 4 rings (SSSR count). The Kier molecular flexibility index (Phi) is 5.06. The standard InChI is InChI=1S/C20H29N3S/c21-17-6-4-16(5-7-17)8-10-22-11-13-23(14-12-22)19-2-1-3-20-18(19)9-15-24-20/h1-3,9,15-17H,4-8,10-14,21H2/t16-,17-. The second-order valence-electron chi connectivity index (χ2n) is 7.51. The number of thiophene rings is 1. The molecule has 0 atom stereocenters. The number of rotatable bonds is 4. The third-order valence-corrected chi connectivity index (χ3v) is 6.81. The third-order valence-electron chi connectivity index (χ3n) is 5.93. The third kappa shape index (κ3) is 3.61. The molecule has 0 radical (unpaired) electrons. The molecule has 0 spiro atoms. The molecule has 1 saturated carbocycles. The van der Waals surface area contributed by atoms with Crippen molar-refractivity contribution in [1.29, 1.82) is 0 Å². The van der Waals surface area contributed by atoms with E-state index < -0.39 is 0 Å². The van der Waals surface area contributed by atoms with Gasteiger partial charge in [-0.05, 0) is 68.1 Å². The first kappa shape index (κ1) is 16.4. The van der Waals surface area contributed by atoms with E-state index in [4.69, 9.17) is 5.73 Å². The number of benzene rings is 1. The average Bonchev–Trinajstić information content (AvgIpc) is 3.10. The van der Waals surface area contributed by atoms with Crippen molar-refractivity contribution in [2.45, 2.75) is 38.1 Å². The van der Waals surface area contributed by atoms with Gasteiger partial charge in [-0.25, -0.2) is 0 Å². The molecule has 2 aliphatic rings. The lowest BCUT2D eigenvalue weighted by Crippen LogP contribution is -2.47. The van der Waals surface area contributed by atoms with Crippen LogP contribution in [0, 0.1) is 5.92 Å². The van der Waals surface area contributed by atoms with Gasteiger partial charge in [-0.2, -0.15) is 0 Å². The molecule has 4 heteroatoms. The van der Waals surface area contributed by atoms with Crippen LogP contribution in [0.2, 0.25) is 0 Å². The predicted octanol–water partition coefficient (Wildman–Crippen LogP) is 3.93. The van der Waals surface area contributed by atoms with Crippen LogP contribution in [0.4, 0.5) is 5.69 Å². The summed E-state index contributed by atoms with van der Waals surface area (Å²) in [5.74, 6) is 0.919. The Bertz CT molecular complexity index is 652. The fourth-order valence-corrected chi connectivity index (χ4v) is 5.12. The minimum atomic E-state index is 0.476. The fraction of sp³-hybridized carbons (Fsp3) is 0.600. The second kappa shape index (κ2) is 7.42. The van der Waals surface area contributed by atoms with Gasteiger partial charge in [0, 0.05) is 48.0 Å². The van der Waals surface area contributed by atoms with Crippen LogP contribution < -0.4 is 10.6 Å². The number of anilines is 1. The van der Waals surface area contributed by atoms with Crippen molar-refractivity contribution in [3.63, 3.8) is 0 Å². The Morgan fingerprint density at radius 2 is 1.79 bits per heavy atom. The van der Waals surface area contributed by atoms with Gasteiger partial charge in [0.2, 0.25) is 0 Å². The monoisotopic (exact) mass is 343 g/mol. The maximum Gasteiger partial charge on any atom is 0.0455 e. The maximum absolute atomic E-state index is 6.02. The smallest absolute Gasteiger partial charge is 0.0455 e. The van der Waals surface area contributed by atoms with Gasteiger partial charge in [0.15, 0.2) is 0 Å². The molecule has 1 aromatic heterocycles. The van der Waals surface area contributed by atoms with Crippen LogP contribution in [0.1, 0.15) is 32.1 Å². The molecule has 0 amide bonds. The van der Waals surface area contributed by atoms with Gasteiger partial charge in [-0.15, -0.1) is 11.3 Å². The molecule has 1 aliphatic heterocycles. The van der Waals surface area contributed by atoms with Crippen molar-refractivity contribution in [2.24, 2.45) is 11.7 Å². The van der Waals surface area contributed by atoms with Crippen LogP contribution in [0.25, 0.3) is 10.1 Å². The van der Waals surface area contributed by atoms with E-state index in [-0.39, 0.29) is 0 Å². The summed E-state index contributed by atoms with van der Waals surface area (Å²) in [6, 6.07) is 9.47. The zero-order valence-corrected chi connectivity index (χ0v) is 15.3. The average molecular weight is 344 g/mol. The van der Waals surface area contributed by atoms with Crippen molar-refractivity contribution >= 4 is 27.1 Å². The van der Waals surface area contributed by atoms with Crippen molar-refractivity contribution in [2.75, 3.05) is 37.6 Å². The van der Waals surface area contributed by atoms with E-state index >= 15 is 0 Å². The van der Waals surface area contributed by atoms with E-state index in [2.05, 4.69) is 39.4 Å². The number of nitrogens with two attached hydrogens (primary N) is 1. The fourth-order valence-electron chi connectivity index (χ4n) is 4.31. The van der Waals surface area contributed by atoms with Gasteiger partial charge >= 0.3 is 0 Å². The SMILES string of the molecule is N[C@H]1CC[C@H](CCN2CCN(c3cccc4sccc34)CC2)CC1. The summed E-state index contributed by atoms with van der Waals surface area (Å²) in [5, 5.41) is 3.63. The summed E-state index contributed by atoms with van der Waals surface area (Å²) in [4.78, 5) is 5.24. The zero-order chi connectivity index (χ0) is 16.4. The first-order chi connectivity index (χ1) is 11.8. The summed E-state index contributed by atoms with van der Waals surface area (Å²) >= 11 is 1.84. The lowest BCUT2D eigenvalue weighted by Gasteiger charge is -2.37. The van der Waals surface area contributed by atoms with E-state index in [1.807, 2.05) is 11.3 Å². The van der Waals surface area contributed by atoms with Crippen molar-refractivity contribution in [3.05, 3.63) is 29.6 Å². The molecule has 2 fully saturated rings. The van der Waals surface area contributed by atoms with E-state index in [1.165, 1.54) is 67.5 Å². The largest absolute Gasteiger partial charge is 0.368 e. The van der Waals surface area contributed by atoms with Gasteiger partial charge < -0.3 is 10.6 Å². The molecule has 3 nitrogen and oxygen atoms in total. The first-order valence-corrected chi connectivity index (χ1v) is 10.4. The molecule has 130 valence electrons. The molecule has 2 N–H and O–H groups in total. The highest BCUT2D eigenvalue weighted by Crippen LogP contribution is 2.31. The maximum atomic E-state index is 6.02. The normalized spacial score (nSPS) is 26.1. The van der Waals surface area contributed by atoms with Gasteiger partial charge in [0.25, 0.3) is 0 Å². The molecular weight excluding hydrogens is 314 g/mol. The molecule has 0 bridgehead atoms. The molecule has 2 aromatic rings. The van der Waals surface area contributed by atoms with E-state index in [1.54, 1.807) is 0 Å². The number of fused-ring (bicyclic) bond motifs is 1. The Balaban J connectivity index is 1.28. The van der Waals surface area contributed by atoms with Crippen LogP contribution in [0.5, 0.6) is 0 Å². The first-order valence-electron chi connectivity index (χ1n) is 9.49. The molecule has 0 unspecified atom stereocenters. The van der Waals surface area contributed by atoms with Crippen LogP contribution in [0.3, 0.4) is 0 Å². The van der Waals surface area contributed by atoms with Crippen molar-refractivity contribution < 1.29 is 0 Å². The summed E-state index contributed by atoms with van der Waals surface area (Å²) in [5.41, 5.74) is 7.45. The number of hydrogen-bond donors (Lipinski definition) is 1. The number of piperazine rings is 1. The topological polar surface area (TPSA) is 32.5 Å². The van der Waals surface area contributed by atoms with Gasteiger partial charge in [0.05, 0.1) is 0 Å². The van der Waals surface area contributed by atoms with E-state index in [0.29, 0.717) is 6.04 Å². The summed E-state index contributed by atoms with van der Waals surface area (Å²) in [7, 11) is 0. The van der Waals surface area contributed by atoms with Gasteiger partial charge in [-0.3, -0.25) is 4.90 Å². The molecular formula is C20H29N3S. The summed E-state index contributed by atoms with van der Waals surface area (Å²) in [6.45, 7) is 5.99. The van der Waals surface area contributed by atoms with Crippen LogP contribution in [0.15, 0.2) is 29.6 Å². The van der Waals surface area contributed by atoms with Gasteiger partial charge in [-0.1, -0.05) is 6.07 Å². The molecule has 2 heterocycles. The van der Waals surface area contributed by atoms with Crippen LogP contribution >= 0.6 is 11.3 Å².